The van der Waals surface area contributed by atoms with Gasteiger partial charge in [0.1, 0.15) is 0 Å². The van der Waals surface area contributed by atoms with Gasteiger partial charge in [0.05, 0.1) is 5.82 Å². The summed E-state index contributed by atoms with van der Waals surface area (Å²) in [6, 6.07) is 0. The molecule has 0 N–H and O–H groups in total. The first-order valence-corrected chi connectivity index (χ1v) is 3.16. The van der Waals surface area contributed by atoms with Gasteiger partial charge in [-0.1, -0.05) is 0 Å². The van der Waals surface area contributed by atoms with Crippen molar-refractivity contribution in [2.45, 2.75) is 6.32 Å². The van der Waals surface area contributed by atoms with Crippen LogP contribution in [0.15, 0.2) is 12.4 Å². The van der Waals surface area contributed by atoms with Crippen molar-refractivity contribution in [2.24, 2.45) is 7.05 Å². The summed E-state index contributed by atoms with van der Waals surface area (Å²) in [5.74, 6) is 0.0671. The molecular formula is C5H7BF3KN2. The summed E-state index contributed by atoms with van der Waals surface area (Å²) in [5, 5.41) is 0. The monoisotopic (exact) mass is 202 g/mol. The van der Waals surface area contributed by atoms with E-state index in [9.17, 15) is 12.9 Å². The summed E-state index contributed by atoms with van der Waals surface area (Å²) < 4.78 is 36.8. The number of imidazole rings is 1. The Hall–Kier alpha value is 0.701. The molecule has 0 amide bonds. The predicted molar refractivity (Wildman–Crippen MR) is 36.0 cm³/mol. The maximum Gasteiger partial charge on any atom is 1.00 e. The molecule has 1 rings (SSSR count). The van der Waals surface area contributed by atoms with Crippen molar-refractivity contribution in [2.75, 3.05) is 0 Å². The van der Waals surface area contributed by atoms with Crippen LogP contribution in [0.2, 0.25) is 0 Å². The molecule has 0 aromatic carbocycles. The molecule has 0 aliphatic carbocycles. The minimum Gasteiger partial charge on any atom is -0.449 e. The molecule has 0 saturated heterocycles. The van der Waals surface area contributed by atoms with Gasteiger partial charge < -0.3 is 17.5 Å². The molecule has 1 aromatic rings. The van der Waals surface area contributed by atoms with Crippen LogP contribution in [0, 0.1) is 0 Å². The first-order chi connectivity index (χ1) is 4.99. The molecular weight excluding hydrogens is 195 g/mol. The van der Waals surface area contributed by atoms with E-state index in [1.807, 2.05) is 0 Å². The maximum atomic E-state index is 11.8. The van der Waals surface area contributed by atoms with Gasteiger partial charge >= 0.3 is 58.4 Å². The number of hydrogen-bond donors (Lipinski definition) is 0. The minimum atomic E-state index is -4.76. The topological polar surface area (TPSA) is 17.8 Å². The molecule has 0 aliphatic heterocycles. The number of nitrogens with zero attached hydrogens (tertiary/aromatic N) is 2. The number of aryl methyl sites for hydroxylation is 1. The number of rotatable bonds is 2. The standard InChI is InChI=1S/C5H7BF3N2.K/c1-11-3-2-10-5(11)4-6(7,8)9;/h2-3H,4H2,1H3;/q-1;+1. The van der Waals surface area contributed by atoms with E-state index in [-0.39, 0.29) is 57.2 Å². The third-order valence-electron chi connectivity index (χ3n) is 1.33. The van der Waals surface area contributed by atoms with E-state index in [2.05, 4.69) is 4.98 Å². The van der Waals surface area contributed by atoms with Gasteiger partial charge in [-0.15, -0.1) is 0 Å². The summed E-state index contributed by atoms with van der Waals surface area (Å²) in [7, 11) is 1.55. The third-order valence-corrected chi connectivity index (χ3v) is 1.33. The molecule has 1 heterocycles. The molecule has 0 spiro atoms. The number of aromatic nitrogens is 2. The minimum absolute atomic E-state index is 0. The van der Waals surface area contributed by atoms with Gasteiger partial charge in [-0.2, -0.15) is 0 Å². The second kappa shape index (κ2) is 4.80. The maximum absolute atomic E-state index is 11.8. The fourth-order valence-electron chi connectivity index (χ4n) is 0.800. The van der Waals surface area contributed by atoms with Crippen molar-refractivity contribution < 1.29 is 64.3 Å². The normalized spacial score (nSPS) is 11.0. The van der Waals surface area contributed by atoms with Gasteiger partial charge in [0.25, 0.3) is 0 Å². The predicted octanol–water partition coefficient (Wildman–Crippen LogP) is -1.65. The van der Waals surface area contributed by atoms with Crippen molar-refractivity contribution in [3.63, 3.8) is 0 Å². The Morgan fingerprint density at radius 2 is 2.08 bits per heavy atom. The quantitative estimate of drug-likeness (QED) is 0.525. The number of hydrogen-bond acceptors (Lipinski definition) is 1. The molecule has 62 valence electrons. The zero-order valence-corrected chi connectivity index (χ0v) is 10.1. The largest absolute Gasteiger partial charge is 1.00 e. The Morgan fingerprint density at radius 1 is 1.50 bits per heavy atom. The summed E-state index contributed by atoms with van der Waals surface area (Å²) in [6.45, 7) is -4.76. The fraction of sp³-hybridized carbons (Fsp3) is 0.400. The number of halogens is 3. The van der Waals surface area contributed by atoms with Gasteiger partial charge in [-0.25, -0.2) is 4.98 Å². The Labute approximate surface area is 111 Å². The molecule has 0 radical (unpaired) electrons. The van der Waals surface area contributed by atoms with E-state index in [0.717, 1.165) is 0 Å². The molecule has 7 heteroatoms. The zero-order valence-electron chi connectivity index (χ0n) is 6.97. The second-order valence-corrected chi connectivity index (χ2v) is 2.37. The van der Waals surface area contributed by atoms with Gasteiger partial charge in [-0.3, -0.25) is 0 Å². The van der Waals surface area contributed by atoms with Gasteiger partial charge in [0.2, 0.25) is 0 Å². The van der Waals surface area contributed by atoms with Crippen molar-refractivity contribution in [1.29, 1.82) is 0 Å². The molecule has 1 aromatic heterocycles. The van der Waals surface area contributed by atoms with E-state index in [1.54, 1.807) is 7.05 Å². The van der Waals surface area contributed by atoms with Gasteiger partial charge in [0.15, 0.2) is 0 Å². The van der Waals surface area contributed by atoms with E-state index in [1.165, 1.54) is 17.0 Å². The van der Waals surface area contributed by atoms with Crippen LogP contribution >= 0.6 is 0 Å². The molecule has 0 atom stereocenters. The van der Waals surface area contributed by atoms with Crippen LogP contribution in [-0.4, -0.2) is 16.5 Å². The van der Waals surface area contributed by atoms with Crippen molar-refractivity contribution in [3.05, 3.63) is 18.2 Å². The van der Waals surface area contributed by atoms with Crippen LogP contribution in [0.3, 0.4) is 0 Å². The smallest absolute Gasteiger partial charge is 0.449 e. The molecule has 0 fully saturated rings. The van der Waals surface area contributed by atoms with Crippen LogP contribution < -0.4 is 51.4 Å². The average Bonchev–Trinajstić information content (AvgIpc) is 2.12. The summed E-state index contributed by atoms with van der Waals surface area (Å²) >= 11 is 0. The Morgan fingerprint density at radius 3 is 2.42 bits per heavy atom. The van der Waals surface area contributed by atoms with E-state index in [4.69, 9.17) is 0 Å². The Kier molecular flexibility index (Phi) is 5.08. The van der Waals surface area contributed by atoms with Crippen LogP contribution in [0.5, 0.6) is 0 Å². The van der Waals surface area contributed by atoms with Crippen molar-refractivity contribution in [1.82, 2.24) is 9.55 Å². The van der Waals surface area contributed by atoms with Crippen LogP contribution in [-0.2, 0) is 13.4 Å². The van der Waals surface area contributed by atoms with Crippen LogP contribution in [0.25, 0.3) is 0 Å². The Balaban J connectivity index is 0.00000121. The SMILES string of the molecule is Cn1ccnc1C[B-](F)(F)F.[K+]. The zero-order chi connectivity index (χ0) is 8.48. The fourth-order valence-corrected chi connectivity index (χ4v) is 0.800. The first kappa shape index (κ1) is 12.7. The molecule has 12 heavy (non-hydrogen) atoms. The second-order valence-electron chi connectivity index (χ2n) is 2.37. The summed E-state index contributed by atoms with van der Waals surface area (Å²) in [5.41, 5.74) is 0. The molecule has 0 unspecified atom stereocenters. The molecule has 0 saturated carbocycles. The average molecular weight is 202 g/mol. The van der Waals surface area contributed by atoms with Gasteiger partial charge in [0, 0.05) is 19.4 Å². The van der Waals surface area contributed by atoms with E-state index < -0.39 is 13.3 Å². The molecule has 2 nitrogen and oxygen atoms in total. The van der Waals surface area contributed by atoms with Crippen molar-refractivity contribution in [3.8, 4) is 0 Å². The first-order valence-electron chi connectivity index (χ1n) is 3.16. The van der Waals surface area contributed by atoms with Gasteiger partial charge in [-0.05, 0) is 6.32 Å². The Bertz CT molecular complexity index is 247. The molecule has 0 aliphatic rings. The van der Waals surface area contributed by atoms with Crippen LogP contribution in [0.1, 0.15) is 5.82 Å². The van der Waals surface area contributed by atoms with Crippen molar-refractivity contribution >= 4 is 6.98 Å². The summed E-state index contributed by atoms with van der Waals surface area (Å²) in [4.78, 5) is 3.56. The molecule has 0 bridgehead atoms. The van der Waals surface area contributed by atoms with E-state index in [0.29, 0.717) is 0 Å². The third kappa shape index (κ3) is 4.09. The van der Waals surface area contributed by atoms with Crippen LogP contribution in [0.4, 0.5) is 12.9 Å². The van der Waals surface area contributed by atoms with E-state index >= 15 is 0 Å². The summed E-state index contributed by atoms with van der Waals surface area (Å²) in [6.07, 6.45) is 1.96.